The lowest BCUT2D eigenvalue weighted by molar-refractivity contribution is -0.271. The molecule has 0 unspecified atom stereocenters. The maximum atomic E-state index is 5.95. The minimum Gasteiger partial charge on any atom is -0.351 e. The van der Waals surface area contributed by atoms with Gasteiger partial charge in [0.25, 0.3) is 0 Å². The summed E-state index contributed by atoms with van der Waals surface area (Å²) in [6.45, 7) is 8.26. The minimum absolute atomic E-state index is 0.0203. The van der Waals surface area contributed by atoms with Crippen molar-refractivity contribution in [1.82, 2.24) is 0 Å². The molecule has 2 N–H and O–H groups in total. The number of ether oxygens (including phenoxy) is 2. The lowest BCUT2D eigenvalue weighted by Crippen LogP contribution is -2.48. The Kier molecular flexibility index (Phi) is 3.30. The van der Waals surface area contributed by atoms with Crippen molar-refractivity contribution in [1.29, 1.82) is 0 Å². The van der Waals surface area contributed by atoms with Crippen molar-refractivity contribution in [2.24, 2.45) is 16.6 Å². The largest absolute Gasteiger partial charge is 0.351 e. The van der Waals surface area contributed by atoms with Crippen LogP contribution in [0.15, 0.2) is 0 Å². The molecule has 1 saturated heterocycles. The second kappa shape index (κ2) is 4.28. The smallest absolute Gasteiger partial charge is 0.162 e. The maximum Gasteiger partial charge on any atom is 0.162 e. The van der Waals surface area contributed by atoms with E-state index in [1.54, 1.807) is 0 Å². The van der Waals surface area contributed by atoms with E-state index in [9.17, 15) is 0 Å². The number of hydrogen-bond acceptors (Lipinski definition) is 3. The van der Waals surface area contributed by atoms with E-state index in [1.165, 1.54) is 0 Å². The fraction of sp³-hybridized carbons (Fsp3) is 1.00. The van der Waals surface area contributed by atoms with Crippen LogP contribution in [-0.2, 0) is 9.47 Å². The molecule has 3 heteroatoms. The zero-order valence-corrected chi connectivity index (χ0v) is 10.8. The first-order valence-corrected chi connectivity index (χ1v) is 6.40. The minimum atomic E-state index is -0.0203. The highest BCUT2D eigenvalue weighted by atomic mass is 16.7. The molecule has 0 amide bonds. The highest BCUT2D eigenvalue weighted by Crippen LogP contribution is 2.42. The SMILES string of the molecule is CC1(C)COC(C2(C)CCC(N)CC2)OC1. The van der Waals surface area contributed by atoms with Crippen LogP contribution in [0.3, 0.4) is 0 Å². The van der Waals surface area contributed by atoms with Crippen LogP contribution in [0.2, 0.25) is 0 Å². The monoisotopic (exact) mass is 227 g/mol. The van der Waals surface area contributed by atoms with Gasteiger partial charge in [-0.25, -0.2) is 0 Å². The summed E-state index contributed by atoms with van der Waals surface area (Å²) < 4.78 is 11.8. The van der Waals surface area contributed by atoms with Crippen molar-refractivity contribution in [3.63, 3.8) is 0 Å². The van der Waals surface area contributed by atoms with Gasteiger partial charge in [-0.05, 0) is 25.7 Å². The number of rotatable bonds is 1. The summed E-state index contributed by atoms with van der Waals surface area (Å²) >= 11 is 0. The van der Waals surface area contributed by atoms with Crippen LogP contribution in [0.1, 0.15) is 46.5 Å². The summed E-state index contributed by atoms with van der Waals surface area (Å²) in [6, 6.07) is 0.383. The molecule has 2 rings (SSSR count). The Morgan fingerprint density at radius 2 is 1.50 bits per heavy atom. The molecule has 1 aliphatic heterocycles. The van der Waals surface area contributed by atoms with Crippen LogP contribution in [0.25, 0.3) is 0 Å². The normalized spacial score (nSPS) is 40.9. The highest BCUT2D eigenvalue weighted by Gasteiger charge is 2.42. The Morgan fingerprint density at radius 3 is 2.00 bits per heavy atom. The van der Waals surface area contributed by atoms with Crippen molar-refractivity contribution in [2.75, 3.05) is 13.2 Å². The molecule has 0 aromatic rings. The standard InChI is InChI=1S/C13H25NO2/c1-12(2)8-15-11(16-9-12)13(3)6-4-10(14)5-7-13/h10-11H,4-9,14H2,1-3H3. The number of hydrogen-bond donors (Lipinski definition) is 1. The Bertz CT molecular complexity index is 234. The van der Waals surface area contributed by atoms with Crippen LogP contribution in [0.4, 0.5) is 0 Å². The lowest BCUT2D eigenvalue weighted by atomic mass is 9.73. The van der Waals surface area contributed by atoms with Crippen molar-refractivity contribution in [3.05, 3.63) is 0 Å². The van der Waals surface area contributed by atoms with Gasteiger partial charge in [-0.3, -0.25) is 0 Å². The summed E-state index contributed by atoms with van der Waals surface area (Å²) in [7, 11) is 0. The lowest BCUT2D eigenvalue weighted by Gasteiger charge is -2.46. The first kappa shape index (κ1) is 12.3. The third-order valence-electron chi connectivity index (χ3n) is 3.99. The van der Waals surface area contributed by atoms with Crippen molar-refractivity contribution in [3.8, 4) is 0 Å². The molecular weight excluding hydrogens is 202 g/mol. The highest BCUT2D eigenvalue weighted by molar-refractivity contribution is 4.88. The van der Waals surface area contributed by atoms with Crippen LogP contribution in [0.5, 0.6) is 0 Å². The molecule has 1 heterocycles. The second-order valence-corrected chi connectivity index (χ2v) is 6.61. The first-order chi connectivity index (χ1) is 7.41. The molecule has 2 fully saturated rings. The Labute approximate surface area is 98.7 Å². The van der Waals surface area contributed by atoms with Gasteiger partial charge in [0.2, 0.25) is 0 Å². The summed E-state index contributed by atoms with van der Waals surface area (Å²) in [5.74, 6) is 0. The molecule has 0 bridgehead atoms. The first-order valence-electron chi connectivity index (χ1n) is 6.40. The van der Waals surface area contributed by atoms with Gasteiger partial charge in [-0.2, -0.15) is 0 Å². The van der Waals surface area contributed by atoms with Crippen LogP contribution in [0, 0.1) is 10.8 Å². The average Bonchev–Trinajstić information content (AvgIpc) is 2.22. The fourth-order valence-electron chi connectivity index (χ4n) is 2.63. The third kappa shape index (κ3) is 2.58. The van der Waals surface area contributed by atoms with E-state index in [0.29, 0.717) is 6.04 Å². The molecule has 2 aliphatic rings. The van der Waals surface area contributed by atoms with E-state index in [0.717, 1.165) is 38.9 Å². The van der Waals surface area contributed by atoms with Gasteiger partial charge in [0.15, 0.2) is 6.29 Å². The van der Waals surface area contributed by atoms with E-state index in [2.05, 4.69) is 20.8 Å². The Morgan fingerprint density at radius 1 is 1.00 bits per heavy atom. The van der Waals surface area contributed by atoms with E-state index in [1.807, 2.05) is 0 Å². The zero-order chi connectivity index (χ0) is 11.8. The molecule has 0 radical (unpaired) electrons. The Hall–Kier alpha value is -0.120. The van der Waals surface area contributed by atoms with E-state index in [-0.39, 0.29) is 17.1 Å². The van der Waals surface area contributed by atoms with Crippen molar-refractivity contribution >= 4 is 0 Å². The maximum absolute atomic E-state index is 5.95. The van der Waals surface area contributed by atoms with Crippen molar-refractivity contribution in [2.45, 2.75) is 58.8 Å². The molecule has 3 nitrogen and oxygen atoms in total. The van der Waals surface area contributed by atoms with Gasteiger partial charge in [0, 0.05) is 16.9 Å². The van der Waals surface area contributed by atoms with Gasteiger partial charge in [0.05, 0.1) is 13.2 Å². The van der Waals surface area contributed by atoms with Gasteiger partial charge in [0.1, 0.15) is 0 Å². The molecule has 0 aromatic heterocycles. The van der Waals surface area contributed by atoms with Crippen LogP contribution < -0.4 is 5.73 Å². The molecule has 0 atom stereocenters. The zero-order valence-electron chi connectivity index (χ0n) is 10.8. The topological polar surface area (TPSA) is 44.5 Å². The Balaban J connectivity index is 1.93. The molecule has 1 aliphatic carbocycles. The molecule has 0 spiro atoms. The summed E-state index contributed by atoms with van der Waals surface area (Å²) in [6.07, 6.45) is 4.43. The third-order valence-corrected chi connectivity index (χ3v) is 3.99. The second-order valence-electron chi connectivity index (χ2n) is 6.61. The predicted molar refractivity (Wildman–Crippen MR) is 64.0 cm³/mol. The van der Waals surface area contributed by atoms with Crippen LogP contribution in [-0.4, -0.2) is 25.5 Å². The quantitative estimate of drug-likeness (QED) is 0.747. The average molecular weight is 227 g/mol. The number of nitrogens with two attached hydrogens (primary N) is 1. The molecule has 1 saturated carbocycles. The van der Waals surface area contributed by atoms with Gasteiger partial charge in [-0.15, -0.1) is 0 Å². The molecular formula is C13H25NO2. The van der Waals surface area contributed by atoms with Crippen molar-refractivity contribution < 1.29 is 9.47 Å². The van der Waals surface area contributed by atoms with Gasteiger partial charge >= 0.3 is 0 Å². The predicted octanol–water partition coefficient (Wildman–Crippen LogP) is 2.29. The van der Waals surface area contributed by atoms with Crippen LogP contribution >= 0.6 is 0 Å². The van der Waals surface area contributed by atoms with Gasteiger partial charge < -0.3 is 15.2 Å². The summed E-state index contributed by atoms with van der Waals surface area (Å²) in [4.78, 5) is 0. The molecule has 16 heavy (non-hydrogen) atoms. The van der Waals surface area contributed by atoms with E-state index >= 15 is 0 Å². The molecule has 94 valence electrons. The van der Waals surface area contributed by atoms with E-state index < -0.39 is 0 Å². The fourth-order valence-corrected chi connectivity index (χ4v) is 2.63. The van der Waals surface area contributed by atoms with E-state index in [4.69, 9.17) is 15.2 Å². The summed E-state index contributed by atoms with van der Waals surface area (Å²) in [5.41, 5.74) is 6.28. The van der Waals surface area contributed by atoms with Gasteiger partial charge in [-0.1, -0.05) is 20.8 Å². The summed E-state index contributed by atoms with van der Waals surface area (Å²) in [5, 5.41) is 0. The molecule has 0 aromatic carbocycles.